The van der Waals surface area contributed by atoms with Crippen LogP contribution >= 0.6 is 0 Å². The molecule has 0 heterocycles. The summed E-state index contributed by atoms with van der Waals surface area (Å²) >= 11 is 0. The number of allylic oxidation sites excluding steroid dienone is 3. The summed E-state index contributed by atoms with van der Waals surface area (Å²) in [7, 11) is 0. The first kappa shape index (κ1) is 7.88. The van der Waals surface area contributed by atoms with E-state index in [4.69, 9.17) is 5.73 Å². The smallest absolute Gasteiger partial charge is 0.262 e. The van der Waals surface area contributed by atoms with E-state index in [9.17, 15) is 9.18 Å². The van der Waals surface area contributed by atoms with E-state index in [1.807, 2.05) is 0 Å². The second-order valence-electron chi connectivity index (χ2n) is 1.31. The highest BCUT2D eigenvalue weighted by Gasteiger charge is 1.77. The Kier molecular flexibility index (Phi) is 4.40. The van der Waals surface area contributed by atoms with Gasteiger partial charge in [0.2, 0.25) is 0 Å². The van der Waals surface area contributed by atoms with Gasteiger partial charge in [0.25, 0.3) is 5.91 Å². The largest absolute Gasteiger partial charge is 0.268 e. The third-order valence-corrected chi connectivity index (χ3v) is 0.584. The lowest BCUT2D eigenvalue weighted by atomic mass is 10.4. The van der Waals surface area contributed by atoms with E-state index in [0.717, 1.165) is 6.08 Å². The van der Waals surface area contributed by atoms with Gasteiger partial charge in [-0.15, -0.1) is 0 Å². The zero-order valence-electron chi connectivity index (χ0n) is 4.80. The molecule has 0 saturated carbocycles. The van der Waals surface area contributed by atoms with Crippen LogP contribution in [-0.4, -0.2) is 12.6 Å². The van der Waals surface area contributed by atoms with Crippen LogP contribution in [0.2, 0.25) is 0 Å². The molecule has 0 aromatic rings. The predicted octanol–water partition coefficient (Wildman–Crippen LogP) is 0.878. The maximum absolute atomic E-state index is 11.3. The van der Waals surface area contributed by atoms with Crippen LogP contribution in [0.5, 0.6) is 0 Å². The lowest BCUT2D eigenvalue weighted by molar-refractivity contribution is -0.114. The second-order valence-corrected chi connectivity index (χ2v) is 1.31. The van der Waals surface area contributed by atoms with Gasteiger partial charge in [0, 0.05) is 6.08 Å². The van der Waals surface area contributed by atoms with Crippen molar-refractivity contribution in [2.24, 2.45) is 0 Å². The Bertz CT molecular complexity index is 140. The quantitative estimate of drug-likeness (QED) is 0.410. The summed E-state index contributed by atoms with van der Waals surface area (Å²) in [6.07, 6.45) is 5.01. The van der Waals surface area contributed by atoms with Crippen LogP contribution in [0.4, 0.5) is 4.39 Å². The Morgan fingerprint density at radius 3 is 2.67 bits per heavy atom. The SMILES string of the molecule is [NH]C(=O)/C=C/C=C/CF. The molecule has 0 saturated heterocycles. The maximum Gasteiger partial charge on any atom is 0.262 e. The van der Waals surface area contributed by atoms with Crippen LogP contribution in [0.3, 0.4) is 0 Å². The molecule has 0 rings (SSSR count). The molecule has 0 unspecified atom stereocenters. The van der Waals surface area contributed by atoms with E-state index in [-0.39, 0.29) is 0 Å². The number of carbonyl (C=O) groups is 1. The minimum Gasteiger partial charge on any atom is -0.268 e. The van der Waals surface area contributed by atoms with E-state index in [2.05, 4.69) is 0 Å². The zero-order valence-corrected chi connectivity index (χ0v) is 4.80. The lowest BCUT2D eigenvalue weighted by Crippen LogP contribution is -1.88. The molecule has 49 valence electrons. The highest BCUT2D eigenvalue weighted by molar-refractivity contribution is 5.85. The molecular weight excluding hydrogens is 121 g/mol. The van der Waals surface area contributed by atoms with Crippen molar-refractivity contribution in [3.63, 3.8) is 0 Å². The maximum atomic E-state index is 11.3. The number of nitrogens with one attached hydrogen (secondary N) is 1. The average molecular weight is 128 g/mol. The van der Waals surface area contributed by atoms with Crippen molar-refractivity contribution in [3.8, 4) is 0 Å². The molecule has 0 aromatic heterocycles. The molecule has 1 N–H and O–H groups in total. The number of hydrogen-bond donors (Lipinski definition) is 0. The zero-order chi connectivity index (χ0) is 7.11. The Balaban J connectivity index is 3.47. The topological polar surface area (TPSA) is 40.9 Å². The molecule has 0 fully saturated rings. The molecule has 3 heteroatoms. The molecule has 0 aliphatic rings. The predicted molar refractivity (Wildman–Crippen MR) is 32.4 cm³/mol. The lowest BCUT2D eigenvalue weighted by Gasteiger charge is -1.73. The number of amides is 1. The number of carbonyl (C=O) groups excluding carboxylic acids is 1. The van der Waals surface area contributed by atoms with Crippen molar-refractivity contribution in [1.29, 1.82) is 0 Å². The van der Waals surface area contributed by atoms with E-state index in [1.165, 1.54) is 18.2 Å². The number of hydrogen-bond acceptors (Lipinski definition) is 1. The fourth-order valence-corrected chi connectivity index (χ4v) is 0.273. The Morgan fingerprint density at radius 2 is 2.22 bits per heavy atom. The molecule has 0 aliphatic heterocycles. The number of alkyl halides is 1. The Hall–Kier alpha value is -1.12. The third-order valence-electron chi connectivity index (χ3n) is 0.584. The molecule has 0 atom stereocenters. The van der Waals surface area contributed by atoms with E-state index >= 15 is 0 Å². The van der Waals surface area contributed by atoms with Crippen molar-refractivity contribution >= 4 is 5.91 Å². The van der Waals surface area contributed by atoms with Crippen LogP contribution in [0.1, 0.15) is 0 Å². The Morgan fingerprint density at radius 1 is 1.56 bits per heavy atom. The third kappa shape index (κ3) is 6.88. The molecule has 0 bridgehead atoms. The fourth-order valence-electron chi connectivity index (χ4n) is 0.273. The molecule has 1 radical (unpaired) electrons. The van der Waals surface area contributed by atoms with Gasteiger partial charge in [-0.05, 0) is 0 Å². The van der Waals surface area contributed by atoms with Crippen LogP contribution in [-0.2, 0) is 4.79 Å². The van der Waals surface area contributed by atoms with Gasteiger partial charge in [-0.3, -0.25) is 10.5 Å². The number of rotatable bonds is 3. The van der Waals surface area contributed by atoms with Crippen molar-refractivity contribution in [2.75, 3.05) is 6.67 Å². The Labute approximate surface area is 52.9 Å². The van der Waals surface area contributed by atoms with Gasteiger partial charge in [-0.2, -0.15) is 0 Å². The van der Waals surface area contributed by atoms with Crippen LogP contribution < -0.4 is 5.73 Å². The molecule has 0 aliphatic carbocycles. The molecule has 9 heavy (non-hydrogen) atoms. The summed E-state index contributed by atoms with van der Waals surface area (Å²) in [5.41, 5.74) is 6.36. The van der Waals surface area contributed by atoms with Gasteiger partial charge >= 0.3 is 0 Å². The molecular formula is C6H7FNO. The highest BCUT2D eigenvalue weighted by Crippen LogP contribution is 1.77. The van der Waals surface area contributed by atoms with Gasteiger partial charge in [0.15, 0.2) is 0 Å². The fraction of sp³-hybridized carbons (Fsp3) is 0.167. The molecule has 2 nitrogen and oxygen atoms in total. The van der Waals surface area contributed by atoms with Gasteiger partial charge in [0.05, 0.1) is 0 Å². The first-order valence-electron chi connectivity index (χ1n) is 2.42. The summed E-state index contributed by atoms with van der Waals surface area (Å²) in [5.74, 6) is -0.779. The van der Waals surface area contributed by atoms with Gasteiger partial charge in [-0.25, -0.2) is 4.39 Å². The average Bonchev–Trinajstić information content (AvgIpc) is 1.80. The molecule has 0 aromatic carbocycles. The minimum atomic E-state index is -0.779. The van der Waals surface area contributed by atoms with Crippen molar-refractivity contribution < 1.29 is 9.18 Å². The number of halogens is 1. The van der Waals surface area contributed by atoms with Crippen LogP contribution in [0, 0.1) is 0 Å². The molecule has 0 spiro atoms. The monoisotopic (exact) mass is 128 g/mol. The first-order valence-corrected chi connectivity index (χ1v) is 2.42. The van der Waals surface area contributed by atoms with Crippen molar-refractivity contribution in [2.45, 2.75) is 0 Å². The highest BCUT2D eigenvalue weighted by atomic mass is 19.1. The van der Waals surface area contributed by atoms with Crippen molar-refractivity contribution in [3.05, 3.63) is 24.3 Å². The summed E-state index contributed by atoms with van der Waals surface area (Å²) < 4.78 is 11.3. The van der Waals surface area contributed by atoms with E-state index < -0.39 is 12.6 Å². The molecule has 1 amide bonds. The van der Waals surface area contributed by atoms with Crippen LogP contribution in [0.15, 0.2) is 24.3 Å². The summed E-state index contributed by atoms with van der Waals surface area (Å²) in [5, 5.41) is 0. The standard InChI is InChI=1S/C6H7FNO/c7-5-3-1-2-4-6(8)9/h1-4,8H,5H2/b3-1+,4-2+. The van der Waals surface area contributed by atoms with Crippen LogP contribution in [0.25, 0.3) is 0 Å². The van der Waals surface area contributed by atoms with Gasteiger partial charge < -0.3 is 0 Å². The first-order chi connectivity index (χ1) is 4.27. The van der Waals surface area contributed by atoms with E-state index in [1.54, 1.807) is 0 Å². The second kappa shape index (κ2) is 5.03. The summed E-state index contributed by atoms with van der Waals surface area (Å²) in [4.78, 5) is 9.86. The normalized spacial score (nSPS) is 11.2. The van der Waals surface area contributed by atoms with Gasteiger partial charge in [-0.1, -0.05) is 18.2 Å². The van der Waals surface area contributed by atoms with Crippen molar-refractivity contribution in [1.82, 2.24) is 5.73 Å². The summed E-state index contributed by atoms with van der Waals surface area (Å²) in [6.45, 7) is -0.545. The van der Waals surface area contributed by atoms with Gasteiger partial charge in [0.1, 0.15) is 6.67 Å². The summed E-state index contributed by atoms with van der Waals surface area (Å²) in [6, 6.07) is 0. The van der Waals surface area contributed by atoms with E-state index in [0.29, 0.717) is 0 Å². The minimum absolute atomic E-state index is 0.545.